The first-order chi connectivity index (χ1) is 12.9. The van der Waals surface area contributed by atoms with Crippen molar-refractivity contribution in [3.63, 3.8) is 0 Å². The van der Waals surface area contributed by atoms with Gasteiger partial charge in [-0.25, -0.2) is 0 Å². The van der Waals surface area contributed by atoms with Gasteiger partial charge in [0, 0.05) is 30.9 Å². The van der Waals surface area contributed by atoms with E-state index in [1.165, 1.54) is 16.7 Å². The fourth-order valence-corrected chi connectivity index (χ4v) is 3.76. The van der Waals surface area contributed by atoms with Crippen molar-refractivity contribution in [2.24, 2.45) is 7.05 Å². The van der Waals surface area contributed by atoms with Gasteiger partial charge in [0.2, 0.25) is 5.91 Å². The molecule has 0 unspecified atom stereocenters. The van der Waals surface area contributed by atoms with Gasteiger partial charge < -0.3 is 9.88 Å². The molecule has 0 atom stereocenters. The van der Waals surface area contributed by atoms with E-state index in [1.807, 2.05) is 38.3 Å². The number of carbonyl (C=O) groups excluding carboxylic acids is 1. The van der Waals surface area contributed by atoms with Crippen LogP contribution in [0.25, 0.3) is 11.1 Å². The molecule has 140 valence electrons. The zero-order valence-electron chi connectivity index (χ0n) is 16.3. The standard InChI is InChI=1S/C23H26N2O2/c1-5-16(6-2)7-8-19-18(17-13-15(3)23(27)25(4)14-17)9-11-21-20(19)10-12-22(26)24-21/h5-6,9,11,13-14H,1,7-8,10,12H2,2-4H3,(H,24,26)/b16-6+. The van der Waals surface area contributed by atoms with Crippen LogP contribution in [0.3, 0.4) is 0 Å². The number of benzene rings is 1. The number of aromatic nitrogens is 1. The number of anilines is 1. The molecule has 4 nitrogen and oxygen atoms in total. The third-order valence-corrected chi connectivity index (χ3v) is 5.28. The Kier molecular flexibility index (Phi) is 5.45. The number of amides is 1. The Balaban J connectivity index is 2.14. The van der Waals surface area contributed by atoms with Gasteiger partial charge in [-0.05, 0) is 67.5 Å². The number of carbonyl (C=O) groups is 1. The van der Waals surface area contributed by atoms with E-state index in [0.717, 1.165) is 41.6 Å². The summed E-state index contributed by atoms with van der Waals surface area (Å²) < 4.78 is 1.64. The molecule has 2 heterocycles. The van der Waals surface area contributed by atoms with Crippen molar-refractivity contribution in [2.45, 2.75) is 39.5 Å². The lowest BCUT2D eigenvalue weighted by Gasteiger charge is -2.23. The van der Waals surface area contributed by atoms with Gasteiger partial charge in [0.25, 0.3) is 5.56 Å². The molecule has 3 rings (SSSR count). The molecule has 27 heavy (non-hydrogen) atoms. The Morgan fingerprint density at radius 3 is 2.74 bits per heavy atom. The molecule has 0 saturated carbocycles. The fraction of sp³-hybridized carbons (Fsp3) is 0.304. The number of pyridine rings is 1. The average molecular weight is 362 g/mol. The van der Waals surface area contributed by atoms with Crippen LogP contribution >= 0.6 is 0 Å². The highest BCUT2D eigenvalue weighted by molar-refractivity contribution is 5.95. The fourth-order valence-electron chi connectivity index (χ4n) is 3.76. The number of fused-ring (bicyclic) bond motifs is 1. The first-order valence-electron chi connectivity index (χ1n) is 9.34. The van der Waals surface area contributed by atoms with Crippen LogP contribution in [0, 0.1) is 6.92 Å². The van der Waals surface area contributed by atoms with E-state index in [9.17, 15) is 9.59 Å². The van der Waals surface area contributed by atoms with E-state index in [-0.39, 0.29) is 11.5 Å². The van der Waals surface area contributed by atoms with Crippen molar-refractivity contribution in [1.29, 1.82) is 0 Å². The van der Waals surface area contributed by atoms with Crippen LogP contribution < -0.4 is 10.9 Å². The Labute approximate surface area is 160 Å². The van der Waals surface area contributed by atoms with Crippen molar-refractivity contribution in [1.82, 2.24) is 4.57 Å². The molecule has 1 aliphatic heterocycles. The molecule has 0 fully saturated rings. The number of allylic oxidation sites excluding steroid dienone is 3. The Morgan fingerprint density at radius 1 is 1.30 bits per heavy atom. The number of nitrogens with one attached hydrogen (secondary N) is 1. The molecule has 0 aliphatic carbocycles. The minimum Gasteiger partial charge on any atom is -0.326 e. The topological polar surface area (TPSA) is 51.1 Å². The second-order valence-electron chi connectivity index (χ2n) is 7.06. The minimum atomic E-state index is 0.0217. The summed E-state index contributed by atoms with van der Waals surface area (Å²) in [6.07, 6.45) is 8.88. The summed E-state index contributed by atoms with van der Waals surface area (Å²) in [6, 6.07) is 6.00. The van der Waals surface area contributed by atoms with Crippen LogP contribution in [0.2, 0.25) is 0 Å². The predicted octanol–water partition coefficient (Wildman–Crippen LogP) is 4.31. The highest BCUT2D eigenvalue weighted by Gasteiger charge is 2.21. The second-order valence-corrected chi connectivity index (χ2v) is 7.06. The molecule has 1 amide bonds. The van der Waals surface area contributed by atoms with Gasteiger partial charge in [-0.2, -0.15) is 0 Å². The third kappa shape index (κ3) is 3.80. The van der Waals surface area contributed by atoms with Crippen molar-refractivity contribution >= 4 is 11.6 Å². The van der Waals surface area contributed by atoms with Gasteiger partial charge in [-0.3, -0.25) is 9.59 Å². The molecule has 0 spiro atoms. The van der Waals surface area contributed by atoms with Crippen molar-refractivity contribution in [3.05, 3.63) is 75.7 Å². The van der Waals surface area contributed by atoms with E-state index >= 15 is 0 Å². The molecule has 4 heteroatoms. The van der Waals surface area contributed by atoms with Gasteiger partial charge >= 0.3 is 0 Å². The number of hydrogen-bond acceptors (Lipinski definition) is 2. The summed E-state index contributed by atoms with van der Waals surface area (Å²) in [5.41, 5.74) is 7.47. The van der Waals surface area contributed by atoms with Gasteiger partial charge in [-0.15, -0.1) is 0 Å². The number of hydrogen-bond donors (Lipinski definition) is 1. The van der Waals surface area contributed by atoms with Crippen LogP contribution in [-0.2, 0) is 24.7 Å². The smallest absolute Gasteiger partial charge is 0.253 e. The van der Waals surface area contributed by atoms with E-state index < -0.39 is 0 Å². The van der Waals surface area contributed by atoms with Crippen molar-refractivity contribution < 1.29 is 4.79 Å². The predicted molar refractivity (Wildman–Crippen MR) is 111 cm³/mol. The van der Waals surface area contributed by atoms with E-state index in [0.29, 0.717) is 6.42 Å². The SMILES string of the molecule is C=C/C(=C\C)CCc1c(-c2cc(C)c(=O)n(C)c2)ccc2c1CCC(=O)N2. The van der Waals surface area contributed by atoms with E-state index in [1.54, 1.807) is 11.6 Å². The first-order valence-corrected chi connectivity index (χ1v) is 9.34. The molecule has 1 aromatic heterocycles. The maximum absolute atomic E-state index is 12.1. The van der Waals surface area contributed by atoms with E-state index in [4.69, 9.17) is 0 Å². The lowest BCUT2D eigenvalue weighted by atomic mass is 9.87. The third-order valence-electron chi connectivity index (χ3n) is 5.28. The summed E-state index contributed by atoms with van der Waals surface area (Å²) >= 11 is 0. The molecule has 2 aromatic rings. The maximum atomic E-state index is 12.1. The van der Waals surface area contributed by atoms with E-state index in [2.05, 4.69) is 24.0 Å². The quantitative estimate of drug-likeness (QED) is 0.806. The van der Waals surface area contributed by atoms with Crippen LogP contribution in [0.15, 0.2) is 53.5 Å². The lowest BCUT2D eigenvalue weighted by Crippen LogP contribution is -2.21. The number of aryl methyl sites for hydroxylation is 2. The Hall–Kier alpha value is -2.88. The second kappa shape index (κ2) is 7.78. The highest BCUT2D eigenvalue weighted by Crippen LogP contribution is 2.35. The zero-order chi connectivity index (χ0) is 19.6. The molecule has 1 N–H and O–H groups in total. The molecule has 1 aliphatic rings. The Morgan fingerprint density at radius 2 is 2.07 bits per heavy atom. The van der Waals surface area contributed by atoms with Gasteiger partial charge in [0.05, 0.1) is 0 Å². The molecule has 0 saturated heterocycles. The van der Waals surface area contributed by atoms with Gasteiger partial charge in [-0.1, -0.05) is 30.4 Å². The zero-order valence-corrected chi connectivity index (χ0v) is 16.3. The number of nitrogens with zero attached hydrogens (tertiary/aromatic N) is 1. The van der Waals surface area contributed by atoms with Crippen LogP contribution in [-0.4, -0.2) is 10.5 Å². The van der Waals surface area contributed by atoms with Crippen molar-refractivity contribution in [3.8, 4) is 11.1 Å². The lowest BCUT2D eigenvalue weighted by molar-refractivity contribution is -0.116. The molecule has 0 radical (unpaired) electrons. The van der Waals surface area contributed by atoms with Crippen LogP contribution in [0.1, 0.15) is 36.5 Å². The van der Waals surface area contributed by atoms with Crippen LogP contribution in [0.5, 0.6) is 0 Å². The Bertz CT molecular complexity index is 970. The first kappa shape index (κ1) is 18.9. The normalized spacial score (nSPS) is 13.9. The summed E-state index contributed by atoms with van der Waals surface area (Å²) in [6.45, 7) is 7.76. The van der Waals surface area contributed by atoms with Gasteiger partial charge in [0.15, 0.2) is 0 Å². The molecule has 1 aromatic carbocycles. The minimum absolute atomic E-state index is 0.0217. The molecular formula is C23H26N2O2. The summed E-state index contributed by atoms with van der Waals surface area (Å²) in [4.78, 5) is 23.9. The monoisotopic (exact) mass is 362 g/mol. The summed E-state index contributed by atoms with van der Waals surface area (Å²) in [5, 5.41) is 3.00. The maximum Gasteiger partial charge on any atom is 0.253 e. The summed E-state index contributed by atoms with van der Waals surface area (Å²) in [5.74, 6) is 0.0689. The molecule has 0 bridgehead atoms. The number of rotatable bonds is 5. The van der Waals surface area contributed by atoms with Crippen molar-refractivity contribution in [2.75, 3.05) is 5.32 Å². The summed E-state index contributed by atoms with van der Waals surface area (Å²) in [7, 11) is 1.78. The van der Waals surface area contributed by atoms with Gasteiger partial charge in [0.1, 0.15) is 0 Å². The average Bonchev–Trinajstić information content (AvgIpc) is 2.66. The molecular weight excluding hydrogens is 336 g/mol. The highest BCUT2D eigenvalue weighted by atomic mass is 16.1. The largest absolute Gasteiger partial charge is 0.326 e. The van der Waals surface area contributed by atoms with Crippen LogP contribution in [0.4, 0.5) is 5.69 Å².